The summed E-state index contributed by atoms with van der Waals surface area (Å²) in [5.41, 5.74) is 5.66. The van der Waals surface area contributed by atoms with Crippen molar-refractivity contribution < 1.29 is 9.53 Å². The second kappa shape index (κ2) is 8.22. The number of carbonyl (C=O) groups is 1. The van der Waals surface area contributed by atoms with Gasteiger partial charge in [0, 0.05) is 35.4 Å². The topological polar surface area (TPSA) is 74.4 Å². The fourth-order valence-electron chi connectivity index (χ4n) is 4.17. The number of benzene rings is 2. The van der Waals surface area contributed by atoms with Crippen molar-refractivity contribution in [3.63, 3.8) is 0 Å². The quantitative estimate of drug-likeness (QED) is 0.630. The standard InChI is InChI=1S/C24H27N3O3/c1-15-6-7-16(2)22-20(15)13-17(23(28)26-22)14-25-18-8-10-19(11-9-18)27-12-4-5-21(27)24(29)30-3/h6-11,13,21,25H,4-5,12,14H2,1-3H3,(H,26,28)/t21-/m1/s1. The maximum absolute atomic E-state index is 12.5. The lowest BCUT2D eigenvalue weighted by atomic mass is 10.0. The predicted octanol–water partition coefficient (Wildman–Crippen LogP) is 3.90. The van der Waals surface area contributed by atoms with E-state index in [0.29, 0.717) is 12.1 Å². The molecule has 2 heterocycles. The van der Waals surface area contributed by atoms with Gasteiger partial charge in [0.15, 0.2) is 0 Å². The van der Waals surface area contributed by atoms with Gasteiger partial charge in [-0.15, -0.1) is 0 Å². The Kier molecular flexibility index (Phi) is 5.48. The van der Waals surface area contributed by atoms with Crippen LogP contribution in [0.2, 0.25) is 0 Å². The Morgan fingerprint density at radius 1 is 1.17 bits per heavy atom. The summed E-state index contributed by atoms with van der Waals surface area (Å²) in [4.78, 5) is 29.6. The smallest absolute Gasteiger partial charge is 0.328 e. The summed E-state index contributed by atoms with van der Waals surface area (Å²) >= 11 is 0. The number of methoxy groups -OCH3 is 1. The average Bonchev–Trinajstić information content (AvgIpc) is 3.25. The van der Waals surface area contributed by atoms with Crippen molar-refractivity contribution in [2.45, 2.75) is 39.3 Å². The van der Waals surface area contributed by atoms with E-state index in [0.717, 1.165) is 52.8 Å². The van der Waals surface area contributed by atoms with Gasteiger partial charge < -0.3 is 19.9 Å². The highest BCUT2D eigenvalue weighted by Crippen LogP contribution is 2.27. The first-order valence-electron chi connectivity index (χ1n) is 10.3. The Morgan fingerprint density at radius 3 is 2.63 bits per heavy atom. The van der Waals surface area contributed by atoms with E-state index in [1.54, 1.807) is 0 Å². The zero-order valence-electron chi connectivity index (χ0n) is 17.6. The molecular weight excluding hydrogens is 378 g/mol. The van der Waals surface area contributed by atoms with Gasteiger partial charge in [-0.3, -0.25) is 4.79 Å². The number of rotatable bonds is 5. The summed E-state index contributed by atoms with van der Waals surface area (Å²) in [5, 5.41) is 4.41. The highest BCUT2D eigenvalue weighted by Gasteiger charge is 2.31. The van der Waals surface area contributed by atoms with Crippen molar-refractivity contribution in [3.8, 4) is 0 Å². The van der Waals surface area contributed by atoms with Gasteiger partial charge in [-0.2, -0.15) is 0 Å². The zero-order chi connectivity index (χ0) is 21.3. The second-order valence-corrected chi connectivity index (χ2v) is 7.89. The Hall–Kier alpha value is -3.28. The zero-order valence-corrected chi connectivity index (χ0v) is 17.6. The fraction of sp³-hybridized carbons (Fsp3) is 0.333. The summed E-state index contributed by atoms with van der Waals surface area (Å²) in [5.74, 6) is -0.184. The van der Waals surface area contributed by atoms with Crippen LogP contribution < -0.4 is 15.8 Å². The van der Waals surface area contributed by atoms with Crippen molar-refractivity contribution >= 4 is 28.2 Å². The third-order valence-electron chi connectivity index (χ3n) is 5.93. The number of ether oxygens (including phenoxy) is 1. The van der Waals surface area contributed by atoms with Crippen LogP contribution in [-0.2, 0) is 16.1 Å². The molecule has 0 aliphatic carbocycles. The van der Waals surface area contributed by atoms with Crippen molar-refractivity contribution in [1.29, 1.82) is 0 Å². The van der Waals surface area contributed by atoms with Gasteiger partial charge in [-0.1, -0.05) is 12.1 Å². The van der Waals surface area contributed by atoms with Gasteiger partial charge in [-0.05, 0) is 68.1 Å². The van der Waals surface area contributed by atoms with Crippen molar-refractivity contribution in [1.82, 2.24) is 4.98 Å². The van der Waals surface area contributed by atoms with Crippen LogP contribution in [0.5, 0.6) is 0 Å². The van der Waals surface area contributed by atoms with E-state index >= 15 is 0 Å². The van der Waals surface area contributed by atoms with Gasteiger partial charge >= 0.3 is 5.97 Å². The molecule has 0 bridgehead atoms. The molecule has 1 saturated heterocycles. The average molecular weight is 405 g/mol. The molecule has 0 spiro atoms. The minimum atomic E-state index is -0.211. The number of esters is 1. The van der Waals surface area contributed by atoms with E-state index in [2.05, 4.69) is 28.2 Å². The molecule has 0 saturated carbocycles. The van der Waals surface area contributed by atoms with Crippen LogP contribution in [0, 0.1) is 13.8 Å². The second-order valence-electron chi connectivity index (χ2n) is 7.89. The molecule has 2 aromatic carbocycles. The molecule has 6 nitrogen and oxygen atoms in total. The first kappa shape index (κ1) is 20.0. The molecule has 1 aromatic heterocycles. The van der Waals surface area contributed by atoms with E-state index in [1.165, 1.54) is 7.11 Å². The Morgan fingerprint density at radius 2 is 1.90 bits per heavy atom. The number of pyridine rings is 1. The molecule has 1 aliphatic heterocycles. The molecule has 4 rings (SSSR count). The van der Waals surface area contributed by atoms with E-state index in [1.807, 2.05) is 43.3 Å². The number of carbonyl (C=O) groups excluding carboxylic acids is 1. The van der Waals surface area contributed by atoms with E-state index in [9.17, 15) is 9.59 Å². The molecule has 3 aromatic rings. The Labute approximate surface area is 175 Å². The van der Waals surface area contributed by atoms with Gasteiger partial charge in [0.05, 0.1) is 12.6 Å². The van der Waals surface area contributed by atoms with Crippen LogP contribution in [0.25, 0.3) is 10.9 Å². The first-order chi connectivity index (χ1) is 14.5. The third kappa shape index (κ3) is 3.77. The fourth-order valence-corrected chi connectivity index (χ4v) is 4.17. The minimum absolute atomic E-state index is 0.0710. The number of aryl methyl sites for hydroxylation is 2. The van der Waals surface area contributed by atoms with Crippen LogP contribution >= 0.6 is 0 Å². The number of hydrogen-bond acceptors (Lipinski definition) is 5. The molecule has 2 N–H and O–H groups in total. The molecule has 1 fully saturated rings. The monoisotopic (exact) mass is 405 g/mol. The molecule has 0 amide bonds. The van der Waals surface area contributed by atoms with Gasteiger partial charge in [0.25, 0.3) is 5.56 Å². The SMILES string of the molecule is COC(=O)[C@H]1CCCN1c1ccc(NCc2cc3c(C)ccc(C)c3[nH]c2=O)cc1. The summed E-state index contributed by atoms with van der Waals surface area (Å²) in [6.45, 7) is 5.34. The van der Waals surface area contributed by atoms with E-state index in [-0.39, 0.29) is 17.6 Å². The Balaban J connectivity index is 1.50. The lowest BCUT2D eigenvalue weighted by molar-refractivity contribution is -0.141. The van der Waals surface area contributed by atoms with Crippen LogP contribution in [0.4, 0.5) is 11.4 Å². The van der Waals surface area contributed by atoms with Crippen LogP contribution in [0.3, 0.4) is 0 Å². The van der Waals surface area contributed by atoms with Crippen molar-refractivity contribution in [2.24, 2.45) is 0 Å². The predicted molar refractivity (Wildman–Crippen MR) is 120 cm³/mol. The highest BCUT2D eigenvalue weighted by atomic mass is 16.5. The van der Waals surface area contributed by atoms with Crippen LogP contribution in [-0.4, -0.2) is 30.6 Å². The maximum atomic E-state index is 12.5. The molecule has 1 atom stereocenters. The largest absolute Gasteiger partial charge is 0.467 e. The number of aromatic amines is 1. The lowest BCUT2D eigenvalue weighted by Gasteiger charge is -2.25. The molecule has 156 valence electrons. The van der Waals surface area contributed by atoms with Gasteiger partial charge in [-0.25, -0.2) is 4.79 Å². The molecular formula is C24H27N3O3. The number of aromatic nitrogens is 1. The highest BCUT2D eigenvalue weighted by molar-refractivity contribution is 5.85. The number of hydrogen-bond donors (Lipinski definition) is 2. The molecule has 0 unspecified atom stereocenters. The summed E-state index contributed by atoms with van der Waals surface area (Å²) < 4.78 is 4.93. The van der Waals surface area contributed by atoms with Crippen LogP contribution in [0.1, 0.15) is 29.5 Å². The van der Waals surface area contributed by atoms with E-state index in [4.69, 9.17) is 4.74 Å². The molecule has 30 heavy (non-hydrogen) atoms. The van der Waals surface area contributed by atoms with E-state index < -0.39 is 0 Å². The molecule has 0 radical (unpaired) electrons. The summed E-state index contributed by atoms with van der Waals surface area (Å²) in [6, 6.07) is 13.8. The number of nitrogens with one attached hydrogen (secondary N) is 2. The summed E-state index contributed by atoms with van der Waals surface area (Å²) in [7, 11) is 1.43. The van der Waals surface area contributed by atoms with Gasteiger partial charge in [0.1, 0.15) is 6.04 Å². The minimum Gasteiger partial charge on any atom is -0.467 e. The number of H-pyrrole nitrogens is 1. The summed E-state index contributed by atoms with van der Waals surface area (Å²) in [6.07, 6.45) is 1.79. The first-order valence-corrected chi connectivity index (χ1v) is 10.3. The normalized spacial score (nSPS) is 16.1. The number of nitrogens with zero attached hydrogens (tertiary/aromatic N) is 1. The lowest BCUT2D eigenvalue weighted by Crippen LogP contribution is -2.36. The molecule has 6 heteroatoms. The van der Waals surface area contributed by atoms with Crippen molar-refractivity contribution in [2.75, 3.05) is 23.9 Å². The maximum Gasteiger partial charge on any atom is 0.328 e. The van der Waals surface area contributed by atoms with Crippen LogP contribution in [0.15, 0.2) is 47.3 Å². The van der Waals surface area contributed by atoms with Gasteiger partial charge in [0.2, 0.25) is 0 Å². The molecule has 1 aliphatic rings. The number of anilines is 2. The third-order valence-corrected chi connectivity index (χ3v) is 5.93. The number of fused-ring (bicyclic) bond motifs is 1. The van der Waals surface area contributed by atoms with Crippen molar-refractivity contribution in [3.05, 3.63) is 69.5 Å². The Bertz CT molecular complexity index is 1130.